The van der Waals surface area contributed by atoms with Gasteiger partial charge in [0.25, 0.3) is 0 Å². The molecule has 0 unspecified atom stereocenters. The van der Waals surface area contributed by atoms with Crippen LogP contribution in [0.5, 0.6) is 23.0 Å². The number of ether oxygens (including phenoxy) is 2. The number of para-hydroxylation sites is 8. The van der Waals surface area contributed by atoms with Crippen LogP contribution in [0, 0.1) is 0 Å². The second-order valence-electron chi connectivity index (χ2n) is 25.5. The largest absolute Gasteiger partial charge is 0.453 e. The lowest BCUT2D eigenvalue weighted by Crippen LogP contribution is -2.27. The lowest BCUT2D eigenvalue weighted by atomic mass is 9.68. The molecule has 92 heavy (non-hydrogen) atoms. The van der Waals surface area contributed by atoms with Crippen molar-refractivity contribution in [3.63, 3.8) is 0 Å². The number of fused-ring (bicyclic) bond motifs is 25. The Kier molecular flexibility index (Phi) is 10.1. The van der Waals surface area contributed by atoms with Crippen molar-refractivity contribution < 1.29 is 9.47 Å². The molecule has 2 aliphatic heterocycles. The fraction of sp³-hybridized carbons (Fsp3) is 0.0455. The number of hydrogen-bond donors (Lipinski definition) is 0. The Hall–Kier alpha value is -11.7. The van der Waals surface area contributed by atoms with Gasteiger partial charge in [0, 0.05) is 11.4 Å². The number of allylic oxidation sites excluding steroid dienone is 4. The molecular formula is C88H54N2O2. The Labute approximate surface area is 533 Å². The summed E-state index contributed by atoms with van der Waals surface area (Å²) in [6, 6.07) is 109. The van der Waals surface area contributed by atoms with E-state index in [1.165, 1.54) is 106 Å². The van der Waals surface area contributed by atoms with Crippen LogP contribution < -0.4 is 19.3 Å². The van der Waals surface area contributed by atoms with Gasteiger partial charge >= 0.3 is 0 Å². The maximum Gasteiger partial charge on any atom is 0.151 e. The molecule has 0 aromatic heterocycles. The van der Waals surface area contributed by atoms with E-state index in [4.69, 9.17) is 9.47 Å². The SMILES string of the molecule is C1=CC2=C(CC1)C1(c3cc(-c4c5ccc(N6c7ccccc7Oc7ccccc76)cc5c(-c5ccc6c(c5)C5(c7ccccc7-c7ccccc75)c5ccccc5-6)c5ccc(N6c7ccccc7Oc7ccccc76)cc45)ccc32)c2ccccc2-c2ccccc21. The van der Waals surface area contributed by atoms with Gasteiger partial charge in [-0.05, 0) is 231 Å². The fourth-order valence-electron chi connectivity index (χ4n) is 17.9. The first-order valence-electron chi connectivity index (χ1n) is 32.2. The molecule has 4 heteroatoms. The number of benzene rings is 14. The van der Waals surface area contributed by atoms with Gasteiger partial charge in [-0.1, -0.05) is 218 Å². The number of nitrogens with zero attached hydrogens (tertiary/aromatic N) is 2. The second-order valence-corrected chi connectivity index (χ2v) is 25.5. The normalized spacial score (nSPS) is 15.3. The van der Waals surface area contributed by atoms with E-state index < -0.39 is 10.8 Å². The fourth-order valence-corrected chi connectivity index (χ4v) is 17.9. The van der Waals surface area contributed by atoms with E-state index in [1.54, 1.807) is 0 Å². The summed E-state index contributed by atoms with van der Waals surface area (Å²) in [6.45, 7) is 0. The van der Waals surface area contributed by atoms with E-state index in [9.17, 15) is 0 Å². The van der Waals surface area contributed by atoms with Gasteiger partial charge in [0.15, 0.2) is 23.0 Å². The summed E-state index contributed by atoms with van der Waals surface area (Å²) in [4.78, 5) is 4.80. The quantitative estimate of drug-likeness (QED) is 0.164. The molecule has 0 saturated carbocycles. The summed E-state index contributed by atoms with van der Waals surface area (Å²) >= 11 is 0. The molecule has 4 nitrogen and oxygen atoms in total. The molecule has 21 rings (SSSR count). The third-order valence-electron chi connectivity index (χ3n) is 21.3. The Bertz CT molecular complexity index is 5510. The van der Waals surface area contributed by atoms with Crippen molar-refractivity contribution in [3.8, 4) is 78.6 Å². The van der Waals surface area contributed by atoms with Gasteiger partial charge in [-0.2, -0.15) is 0 Å². The van der Waals surface area contributed by atoms with Crippen LogP contribution in [0.15, 0.2) is 309 Å². The van der Waals surface area contributed by atoms with Gasteiger partial charge in [0.2, 0.25) is 0 Å². The minimum Gasteiger partial charge on any atom is -0.453 e. The van der Waals surface area contributed by atoms with Crippen LogP contribution in [0.4, 0.5) is 34.1 Å². The van der Waals surface area contributed by atoms with Crippen LogP contribution in [-0.2, 0) is 10.8 Å². The van der Waals surface area contributed by atoms with Crippen LogP contribution in [-0.4, -0.2) is 0 Å². The van der Waals surface area contributed by atoms with Crippen LogP contribution in [0.1, 0.15) is 57.3 Å². The van der Waals surface area contributed by atoms with Crippen molar-refractivity contribution in [2.24, 2.45) is 0 Å². The number of rotatable bonds is 4. The van der Waals surface area contributed by atoms with Crippen molar-refractivity contribution in [1.29, 1.82) is 0 Å². The molecule has 428 valence electrons. The third-order valence-corrected chi connectivity index (χ3v) is 21.3. The van der Waals surface area contributed by atoms with E-state index in [1.807, 2.05) is 0 Å². The predicted octanol–water partition coefficient (Wildman–Crippen LogP) is 23.3. The highest BCUT2D eigenvalue weighted by atomic mass is 16.5. The first-order valence-corrected chi connectivity index (χ1v) is 32.2. The van der Waals surface area contributed by atoms with Gasteiger partial charge in [-0.3, -0.25) is 0 Å². The molecule has 0 amide bonds. The van der Waals surface area contributed by atoms with Gasteiger partial charge in [0.1, 0.15) is 0 Å². The summed E-state index contributed by atoms with van der Waals surface area (Å²) < 4.78 is 13.4. The molecule has 0 saturated heterocycles. The Balaban J connectivity index is 0.899. The van der Waals surface area contributed by atoms with Crippen molar-refractivity contribution in [1.82, 2.24) is 0 Å². The third kappa shape index (κ3) is 6.40. The average molecular weight is 1170 g/mol. The smallest absolute Gasteiger partial charge is 0.151 e. The van der Waals surface area contributed by atoms with Crippen molar-refractivity contribution in [2.75, 3.05) is 9.80 Å². The van der Waals surface area contributed by atoms with E-state index in [0.29, 0.717) is 0 Å². The maximum absolute atomic E-state index is 6.71. The molecule has 0 bridgehead atoms. The van der Waals surface area contributed by atoms with Gasteiger partial charge in [0.05, 0.1) is 33.6 Å². The summed E-state index contributed by atoms with van der Waals surface area (Å²) in [6.07, 6.45) is 6.81. The van der Waals surface area contributed by atoms with E-state index >= 15 is 0 Å². The van der Waals surface area contributed by atoms with E-state index in [-0.39, 0.29) is 0 Å². The molecule has 0 N–H and O–H groups in total. The van der Waals surface area contributed by atoms with Crippen LogP contribution >= 0.6 is 0 Å². The highest BCUT2D eigenvalue weighted by molar-refractivity contribution is 6.23. The first-order chi connectivity index (χ1) is 45.6. The Morgan fingerprint density at radius 3 is 1.05 bits per heavy atom. The van der Waals surface area contributed by atoms with Crippen LogP contribution in [0.3, 0.4) is 0 Å². The molecule has 7 aliphatic rings. The molecule has 14 aromatic rings. The van der Waals surface area contributed by atoms with Crippen LogP contribution in [0.25, 0.3) is 82.8 Å². The molecule has 0 fully saturated rings. The lowest BCUT2D eigenvalue weighted by Gasteiger charge is -2.34. The number of hydrogen-bond acceptors (Lipinski definition) is 4. The molecule has 0 radical (unpaired) electrons. The van der Waals surface area contributed by atoms with Crippen molar-refractivity contribution in [3.05, 3.63) is 353 Å². The minimum absolute atomic E-state index is 0.462. The number of anilines is 6. The predicted molar refractivity (Wildman–Crippen MR) is 375 cm³/mol. The molecular weight excluding hydrogens is 1120 g/mol. The van der Waals surface area contributed by atoms with E-state index in [2.05, 4.69) is 313 Å². The summed E-state index contributed by atoms with van der Waals surface area (Å²) in [7, 11) is 0. The maximum atomic E-state index is 6.71. The van der Waals surface area contributed by atoms with Gasteiger partial charge in [-0.25, -0.2) is 0 Å². The molecule has 2 spiro atoms. The average Bonchev–Trinajstić information content (AvgIpc) is 1.47. The zero-order valence-electron chi connectivity index (χ0n) is 50.0. The molecule has 5 aliphatic carbocycles. The van der Waals surface area contributed by atoms with Crippen LogP contribution in [0.2, 0.25) is 0 Å². The molecule has 0 atom stereocenters. The highest BCUT2D eigenvalue weighted by Gasteiger charge is 2.54. The highest BCUT2D eigenvalue weighted by Crippen LogP contribution is 2.67. The topological polar surface area (TPSA) is 24.9 Å². The first kappa shape index (κ1) is 50.2. The summed E-state index contributed by atoms with van der Waals surface area (Å²) in [5, 5.41) is 4.64. The lowest BCUT2D eigenvalue weighted by molar-refractivity contribution is 0.477. The molecule has 14 aromatic carbocycles. The Morgan fingerprint density at radius 2 is 0.630 bits per heavy atom. The summed E-state index contributed by atoms with van der Waals surface area (Å²) in [5.41, 5.74) is 31.1. The molecule has 2 heterocycles. The Morgan fingerprint density at radius 1 is 0.283 bits per heavy atom. The summed E-state index contributed by atoms with van der Waals surface area (Å²) in [5.74, 6) is 3.27. The van der Waals surface area contributed by atoms with Gasteiger partial charge < -0.3 is 19.3 Å². The van der Waals surface area contributed by atoms with Gasteiger partial charge in [-0.15, -0.1) is 0 Å². The van der Waals surface area contributed by atoms with Crippen molar-refractivity contribution >= 4 is 61.2 Å². The minimum atomic E-state index is -0.544. The zero-order chi connectivity index (χ0) is 60.0. The zero-order valence-corrected chi connectivity index (χ0v) is 50.0. The second kappa shape index (κ2) is 18.4. The standard InChI is InChI=1S/C88H54N2O2/c1-7-27-69-57(21-1)58-22-2-8-28-70(58)87(69)73-31-11-5-25-61(73)63-45-41-53(49-75(63)87)85-65-47-43-56(90-79-35-15-19-39-83(79)92-84-40-20-16-36-80(84)90)52-68(65)86(66-48-44-55(51-67(66)85)89-77-33-13-17-37-81(77)91-82-38-18-14-34-78(82)89)54-42-46-64-62-26-6-12-32-74(62)88(76(64)50-54)71-29-9-3-23-59(71)60-24-4-10-30-72(60)88/h1-11,13-31,33-52H,12,32H2. The monoisotopic (exact) mass is 1170 g/mol. The van der Waals surface area contributed by atoms with Crippen molar-refractivity contribution in [2.45, 2.75) is 23.7 Å². The van der Waals surface area contributed by atoms with E-state index in [0.717, 1.165) is 97.1 Å².